The maximum Gasteiger partial charge on any atom is 0.341 e. The maximum atomic E-state index is 13.2. The summed E-state index contributed by atoms with van der Waals surface area (Å²) in [5.74, 6) is -0.459. The zero-order valence-electron chi connectivity index (χ0n) is 19.9. The predicted octanol–water partition coefficient (Wildman–Crippen LogP) is 5.83. The molecule has 6 heteroatoms. The van der Waals surface area contributed by atoms with Gasteiger partial charge in [-0.2, -0.15) is 0 Å². The minimum Gasteiger partial charge on any atom is -0.459 e. The summed E-state index contributed by atoms with van der Waals surface area (Å²) in [6, 6.07) is 20.3. The Kier molecular flexibility index (Phi) is 8.14. The van der Waals surface area contributed by atoms with E-state index >= 15 is 0 Å². The molecule has 0 fully saturated rings. The van der Waals surface area contributed by atoms with Gasteiger partial charge in [-0.3, -0.25) is 9.69 Å². The van der Waals surface area contributed by atoms with Crippen LogP contribution >= 0.6 is 11.3 Å². The van der Waals surface area contributed by atoms with Gasteiger partial charge in [-0.25, -0.2) is 4.79 Å². The lowest BCUT2D eigenvalue weighted by Crippen LogP contribution is -2.32. The number of nitrogens with one attached hydrogen (secondary N) is 1. The molecule has 0 unspecified atom stereocenters. The van der Waals surface area contributed by atoms with Gasteiger partial charge in [0.2, 0.25) is 5.91 Å². The van der Waals surface area contributed by atoms with Crippen molar-refractivity contribution in [2.75, 3.05) is 11.9 Å². The molecule has 3 aromatic rings. The molecule has 1 aliphatic rings. The van der Waals surface area contributed by atoms with Gasteiger partial charge in [-0.1, -0.05) is 60.7 Å². The number of esters is 1. The van der Waals surface area contributed by atoms with Crippen LogP contribution in [0.1, 0.15) is 58.6 Å². The number of thiophene rings is 1. The molecule has 0 bridgehead atoms. The third-order valence-electron chi connectivity index (χ3n) is 5.84. The lowest BCUT2D eigenvalue weighted by atomic mass is 9.95. The van der Waals surface area contributed by atoms with Crippen molar-refractivity contribution in [3.63, 3.8) is 0 Å². The van der Waals surface area contributed by atoms with Crippen LogP contribution in [-0.2, 0) is 35.5 Å². The standard InChI is InChI=1S/C28H32N2O3S/c1-20(2)33-28(32)26-23-15-9-10-16-24(23)34-27(26)29-25(31)19-30(17-21-11-5-3-6-12-21)18-22-13-7-4-8-14-22/h3-8,11-14,20H,9-10,15-19H2,1-2H3,(H,29,31). The summed E-state index contributed by atoms with van der Waals surface area (Å²) in [7, 11) is 0. The van der Waals surface area contributed by atoms with Gasteiger partial charge in [0, 0.05) is 18.0 Å². The molecule has 5 nitrogen and oxygen atoms in total. The minimum absolute atomic E-state index is 0.121. The van der Waals surface area contributed by atoms with E-state index in [1.165, 1.54) is 16.2 Å². The second-order valence-electron chi connectivity index (χ2n) is 9.03. The second-order valence-corrected chi connectivity index (χ2v) is 10.1. The van der Waals surface area contributed by atoms with Gasteiger partial charge in [-0.05, 0) is 56.2 Å². The average molecular weight is 477 g/mol. The molecule has 0 saturated heterocycles. The highest BCUT2D eigenvalue weighted by molar-refractivity contribution is 7.17. The topological polar surface area (TPSA) is 58.6 Å². The highest BCUT2D eigenvalue weighted by Gasteiger charge is 2.28. The molecule has 1 N–H and O–H groups in total. The first-order chi connectivity index (χ1) is 16.5. The molecular weight excluding hydrogens is 444 g/mol. The van der Waals surface area contributed by atoms with E-state index in [2.05, 4.69) is 34.5 Å². The van der Waals surface area contributed by atoms with Gasteiger partial charge in [0.05, 0.1) is 18.2 Å². The molecule has 2 aromatic carbocycles. The maximum absolute atomic E-state index is 13.2. The first kappa shape index (κ1) is 24.2. The molecular formula is C28H32N2O3S. The zero-order valence-corrected chi connectivity index (χ0v) is 20.7. The summed E-state index contributed by atoms with van der Waals surface area (Å²) in [5, 5.41) is 3.69. The molecule has 34 heavy (non-hydrogen) atoms. The number of amides is 1. The lowest BCUT2D eigenvalue weighted by molar-refractivity contribution is -0.117. The largest absolute Gasteiger partial charge is 0.459 e. The summed E-state index contributed by atoms with van der Waals surface area (Å²) in [4.78, 5) is 29.5. The predicted molar refractivity (Wildman–Crippen MR) is 137 cm³/mol. The van der Waals surface area contributed by atoms with Crippen molar-refractivity contribution in [1.29, 1.82) is 0 Å². The van der Waals surface area contributed by atoms with Crippen molar-refractivity contribution in [2.45, 2.75) is 58.7 Å². The fourth-order valence-electron chi connectivity index (χ4n) is 4.36. The smallest absolute Gasteiger partial charge is 0.341 e. The number of ether oxygens (including phenoxy) is 1. The Morgan fingerprint density at radius 2 is 1.53 bits per heavy atom. The Labute approximate surface area is 205 Å². The Morgan fingerprint density at radius 1 is 0.941 bits per heavy atom. The summed E-state index contributed by atoms with van der Waals surface area (Å²) in [6.07, 6.45) is 3.77. The van der Waals surface area contributed by atoms with Crippen LogP contribution in [-0.4, -0.2) is 29.4 Å². The molecule has 0 atom stereocenters. The minimum atomic E-state index is -0.338. The van der Waals surface area contributed by atoms with Crippen LogP contribution < -0.4 is 5.32 Å². The number of carbonyl (C=O) groups excluding carboxylic acids is 2. The van der Waals surface area contributed by atoms with Gasteiger partial charge in [-0.15, -0.1) is 11.3 Å². The number of rotatable bonds is 9. The van der Waals surface area contributed by atoms with E-state index in [0.717, 1.165) is 42.4 Å². The fraction of sp³-hybridized carbons (Fsp3) is 0.357. The van der Waals surface area contributed by atoms with Crippen LogP contribution in [0, 0.1) is 0 Å². The number of aryl methyl sites for hydroxylation is 1. The van der Waals surface area contributed by atoms with Crippen LogP contribution in [0.5, 0.6) is 0 Å². The fourth-order valence-corrected chi connectivity index (χ4v) is 5.66. The highest BCUT2D eigenvalue weighted by Crippen LogP contribution is 2.38. The number of anilines is 1. The zero-order chi connectivity index (χ0) is 23.9. The molecule has 0 aliphatic heterocycles. The number of hydrogen-bond donors (Lipinski definition) is 1. The molecule has 1 heterocycles. The summed E-state index contributed by atoms with van der Waals surface area (Å²) >= 11 is 1.53. The molecule has 0 saturated carbocycles. The van der Waals surface area contributed by atoms with E-state index < -0.39 is 0 Å². The first-order valence-electron chi connectivity index (χ1n) is 11.9. The van der Waals surface area contributed by atoms with E-state index in [0.29, 0.717) is 23.7 Å². The van der Waals surface area contributed by atoms with Gasteiger partial charge < -0.3 is 10.1 Å². The van der Waals surface area contributed by atoms with Crippen molar-refractivity contribution >= 4 is 28.2 Å². The van der Waals surface area contributed by atoms with Crippen molar-refractivity contribution in [3.05, 3.63) is 87.8 Å². The van der Waals surface area contributed by atoms with Crippen LogP contribution in [0.2, 0.25) is 0 Å². The van der Waals surface area contributed by atoms with E-state index in [1.807, 2.05) is 50.2 Å². The Morgan fingerprint density at radius 3 is 2.12 bits per heavy atom. The van der Waals surface area contributed by atoms with Crippen molar-refractivity contribution in [2.24, 2.45) is 0 Å². The third-order valence-corrected chi connectivity index (χ3v) is 7.04. The molecule has 4 rings (SSSR count). The summed E-state index contributed by atoms with van der Waals surface area (Å²) < 4.78 is 5.53. The van der Waals surface area contributed by atoms with Crippen molar-refractivity contribution in [3.8, 4) is 0 Å². The number of fused-ring (bicyclic) bond motifs is 1. The Hall–Kier alpha value is -2.96. The van der Waals surface area contributed by atoms with Crippen molar-refractivity contribution in [1.82, 2.24) is 4.90 Å². The Bertz CT molecular complexity index is 1070. The van der Waals surface area contributed by atoms with E-state index in [4.69, 9.17) is 4.74 Å². The summed E-state index contributed by atoms with van der Waals surface area (Å²) in [6.45, 7) is 5.24. The van der Waals surface area contributed by atoms with Crippen LogP contribution in [0.4, 0.5) is 5.00 Å². The number of nitrogens with zero attached hydrogens (tertiary/aromatic N) is 1. The van der Waals surface area contributed by atoms with Crippen molar-refractivity contribution < 1.29 is 14.3 Å². The molecule has 178 valence electrons. The van der Waals surface area contributed by atoms with Gasteiger partial charge in [0.15, 0.2) is 0 Å². The van der Waals surface area contributed by atoms with Gasteiger partial charge in [0.1, 0.15) is 5.00 Å². The quantitative estimate of drug-likeness (QED) is 0.395. The van der Waals surface area contributed by atoms with E-state index in [9.17, 15) is 9.59 Å². The lowest BCUT2D eigenvalue weighted by Gasteiger charge is -2.22. The monoisotopic (exact) mass is 476 g/mol. The molecule has 1 aromatic heterocycles. The molecule has 1 amide bonds. The summed E-state index contributed by atoms with van der Waals surface area (Å²) in [5.41, 5.74) is 3.92. The molecule has 1 aliphatic carbocycles. The van der Waals surface area contributed by atoms with Gasteiger partial charge in [0.25, 0.3) is 0 Å². The Balaban J connectivity index is 1.53. The van der Waals surface area contributed by atoms with Crippen LogP contribution in [0.3, 0.4) is 0 Å². The third kappa shape index (κ3) is 6.33. The van der Waals surface area contributed by atoms with Crippen LogP contribution in [0.15, 0.2) is 60.7 Å². The average Bonchev–Trinajstić information content (AvgIpc) is 3.17. The van der Waals surface area contributed by atoms with Gasteiger partial charge >= 0.3 is 5.97 Å². The molecule has 0 spiro atoms. The van der Waals surface area contributed by atoms with E-state index in [1.54, 1.807) is 0 Å². The molecule has 0 radical (unpaired) electrons. The second kappa shape index (κ2) is 11.4. The van der Waals surface area contributed by atoms with Crippen LogP contribution in [0.25, 0.3) is 0 Å². The van der Waals surface area contributed by atoms with E-state index in [-0.39, 0.29) is 24.5 Å². The number of hydrogen-bond acceptors (Lipinski definition) is 5. The SMILES string of the molecule is CC(C)OC(=O)c1c(NC(=O)CN(Cc2ccccc2)Cc2ccccc2)sc2c1CCCC2. The normalized spacial score (nSPS) is 13.1. The number of carbonyl (C=O) groups is 2. The highest BCUT2D eigenvalue weighted by atomic mass is 32.1. The first-order valence-corrected chi connectivity index (χ1v) is 12.8. The number of benzene rings is 2.